The summed E-state index contributed by atoms with van der Waals surface area (Å²) in [6, 6.07) is 0. The van der Waals surface area contributed by atoms with Gasteiger partial charge in [0.05, 0.1) is 0 Å². The second-order valence-corrected chi connectivity index (χ2v) is 0.529. The molecule has 6 nitrogen and oxygen atoms in total. The fourth-order valence-electron chi connectivity index (χ4n) is 0.0699. The lowest BCUT2D eigenvalue weighted by molar-refractivity contribution is 0.726. The van der Waals surface area contributed by atoms with E-state index in [2.05, 4.69) is 22.3 Å². The smallest absolute Gasteiger partial charge is 0.102 e. The summed E-state index contributed by atoms with van der Waals surface area (Å²) in [4.78, 5) is 9.07. The van der Waals surface area contributed by atoms with Crippen molar-refractivity contribution in [1.29, 1.82) is 0 Å². The van der Waals surface area contributed by atoms with E-state index < -0.39 is 0 Å². The highest BCUT2D eigenvalue weighted by molar-refractivity contribution is 5.21. The quantitative estimate of drug-likeness (QED) is 0.239. The van der Waals surface area contributed by atoms with E-state index in [-0.39, 0.29) is 0 Å². The van der Waals surface area contributed by atoms with Gasteiger partial charge in [0.1, 0.15) is 5.29 Å². The van der Waals surface area contributed by atoms with Gasteiger partial charge in [-0.15, -0.1) is 4.91 Å². The molecule has 0 aliphatic carbocycles. The Labute approximate surface area is 39.2 Å². The Morgan fingerprint density at radius 3 is 2.71 bits per heavy atom. The molecule has 0 aromatic carbocycles. The molecule has 0 amide bonds. The minimum Gasteiger partial charge on any atom is -0.178 e. The summed E-state index contributed by atoms with van der Waals surface area (Å²) in [6.45, 7) is 2.97. The summed E-state index contributed by atoms with van der Waals surface area (Å²) in [6.07, 6.45) is 0. The zero-order chi connectivity index (χ0) is 5.54. The van der Waals surface area contributed by atoms with E-state index in [0.29, 0.717) is 0 Å². The molecule has 1 N–H and O–H groups in total. The molecule has 38 valence electrons. The molecule has 0 saturated heterocycles. The second-order valence-electron chi connectivity index (χ2n) is 0.529. The third kappa shape index (κ3) is 4.67. The zero-order valence-corrected chi connectivity index (χ0v) is 3.40. The number of hydrogen-bond donors (Lipinski definition) is 1. The number of hydrazone groups is 1. The molecule has 0 radical (unpaired) electrons. The molecule has 0 unspecified atom stereocenters. The first-order valence-corrected chi connectivity index (χ1v) is 1.35. The van der Waals surface area contributed by atoms with Crippen LogP contribution in [0.25, 0.3) is 0 Å². The van der Waals surface area contributed by atoms with Gasteiger partial charge in [0.25, 0.3) is 0 Å². The largest absolute Gasteiger partial charge is 0.178 e. The van der Waals surface area contributed by atoms with Crippen molar-refractivity contribution in [3.05, 3.63) is 4.91 Å². The van der Waals surface area contributed by atoms with E-state index in [0.717, 1.165) is 0 Å². The van der Waals surface area contributed by atoms with Crippen molar-refractivity contribution in [2.75, 3.05) is 0 Å². The summed E-state index contributed by atoms with van der Waals surface area (Å²) in [5.41, 5.74) is 1.93. The van der Waals surface area contributed by atoms with Gasteiger partial charge >= 0.3 is 0 Å². The van der Waals surface area contributed by atoms with Gasteiger partial charge in [-0.2, -0.15) is 10.6 Å². The molecule has 0 aliphatic heterocycles. The molecule has 0 bridgehead atoms. The maximum absolute atomic E-state index is 9.07. The Bertz CT molecular complexity index is 86.1. The van der Waals surface area contributed by atoms with Crippen LogP contribution in [0.1, 0.15) is 0 Å². The van der Waals surface area contributed by atoms with E-state index in [1.54, 1.807) is 0 Å². The zero-order valence-electron chi connectivity index (χ0n) is 3.40. The van der Waals surface area contributed by atoms with Crippen LogP contribution in [0.3, 0.4) is 0 Å². The molecule has 0 fully saturated rings. The third-order valence-electron chi connectivity index (χ3n) is 0.197. The van der Waals surface area contributed by atoms with Crippen LogP contribution in [0.2, 0.25) is 0 Å². The monoisotopic (exact) mass is 101 g/mol. The highest BCUT2D eigenvalue weighted by Crippen LogP contribution is 1.66. The van der Waals surface area contributed by atoms with Gasteiger partial charge in [0, 0.05) is 11.9 Å². The Balaban J connectivity index is 3.08. The predicted molar refractivity (Wildman–Crippen MR) is 23.3 cm³/mol. The van der Waals surface area contributed by atoms with E-state index in [1.165, 1.54) is 0 Å². The molecular formula is CH3N5O. The predicted octanol–water partition coefficient (Wildman–Crippen LogP) is 0.240. The Morgan fingerprint density at radius 1 is 1.57 bits per heavy atom. The first-order chi connectivity index (χ1) is 3.41. The third-order valence-corrected chi connectivity index (χ3v) is 0.197. The molecular weight excluding hydrogens is 98.0 g/mol. The molecule has 0 aliphatic rings. The van der Waals surface area contributed by atoms with Crippen LogP contribution in [0.5, 0.6) is 0 Å². The summed E-state index contributed by atoms with van der Waals surface area (Å²) in [5, 5.41) is 10.5. The SMILES string of the molecule is C=NNN=NN=O. The van der Waals surface area contributed by atoms with Crippen molar-refractivity contribution >= 4 is 6.72 Å². The summed E-state index contributed by atoms with van der Waals surface area (Å²) in [7, 11) is 0. The number of rotatable bonds is 3. The van der Waals surface area contributed by atoms with Crippen LogP contribution < -0.4 is 5.53 Å². The van der Waals surface area contributed by atoms with Gasteiger partial charge in [-0.05, 0) is 5.22 Å². The summed E-state index contributed by atoms with van der Waals surface area (Å²) < 4.78 is 0. The summed E-state index contributed by atoms with van der Waals surface area (Å²) >= 11 is 0. The van der Waals surface area contributed by atoms with Gasteiger partial charge in [-0.25, -0.2) is 0 Å². The average molecular weight is 101 g/mol. The van der Waals surface area contributed by atoms with E-state index in [4.69, 9.17) is 4.91 Å². The van der Waals surface area contributed by atoms with Crippen LogP contribution in [0, 0.1) is 4.91 Å². The van der Waals surface area contributed by atoms with Gasteiger partial charge in [0.15, 0.2) is 0 Å². The van der Waals surface area contributed by atoms with E-state index in [9.17, 15) is 0 Å². The van der Waals surface area contributed by atoms with Gasteiger partial charge in [-0.3, -0.25) is 0 Å². The van der Waals surface area contributed by atoms with Crippen LogP contribution in [0.15, 0.2) is 20.8 Å². The maximum Gasteiger partial charge on any atom is 0.102 e. The van der Waals surface area contributed by atoms with Gasteiger partial charge < -0.3 is 0 Å². The lowest BCUT2D eigenvalue weighted by Crippen LogP contribution is -1.87. The molecule has 0 aromatic heterocycles. The van der Waals surface area contributed by atoms with Crippen molar-refractivity contribution in [2.24, 2.45) is 20.8 Å². The number of nitroso groups, excluding NO2 is 1. The molecule has 0 rings (SSSR count). The highest BCUT2D eigenvalue weighted by Gasteiger charge is 1.59. The lowest BCUT2D eigenvalue weighted by atomic mass is 11.7. The Morgan fingerprint density at radius 2 is 2.29 bits per heavy atom. The standard InChI is InChI=1S/CH3N5O/c1-2-3-4-5-6-7/h1H2,(H,3,5,7). The Hall–Kier alpha value is -1.33. The maximum atomic E-state index is 9.07. The lowest BCUT2D eigenvalue weighted by Gasteiger charge is -1.74. The average Bonchev–Trinajstić information content (AvgIpc) is 1.69. The van der Waals surface area contributed by atoms with Crippen molar-refractivity contribution in [2.45, 2.75) is 0 Å². The molecule has 0 aromatic rings. The van der Waals surface area contributed by atoms with E-state index in [1.807, 2.05) is 10.8 Å². The fourth-order valence-corrected chi connectivity index (χ4v) is 0.0699. The minimum atomic E-state index is 1.93. The first-order valence-electron chi connectivity index (χ1n) is 1.35. The van der Waals surface area contributed by atoms with Gasteiger partial charge in [-0.1, -0.05) is 0 Å². The van der Waals surface area contributed by atoms with Gasteiger partial charge in [0.2, 0.25) is 0 Å². The second kappa shape index (κ2) is 4.67. The van der Waals surface area contributed by atoms with Crippen LogP contribution in [-0.2, 0) is 0 Å². The molecule has 0 atom stereocenters. The van der Waals surface area contributed by atoms with Crippen molar-refractivity contribution in [1.82, 2.24) is 5.53 Å². The molecule has 0 heterocycles. The molecule has 0 saturated carbocycles. The van der Waals surface area contributed by atoms with E-state index >= 15 is 0 Å². The highest BCUT2D eigenvalue weighted by atomic mass is 16.3. The first kappa shape index (κ1) is 5.67. The topological polar surface area (TPSA) is 78.5 Å². The Kier molecular flexibility index (Phi) is 3.78. The fraction of sp³-hybridized carbons (Fsp3) is 0. The molecule has 7 heavy (non-hydrogen) atoms. The van der Waals surface area contributed by atoms with Crippen molar-refractivity contribution in [3.63, 3.8) is 0 Å². The van der Waals surface area contributed by atoms with Crippen LogP contribution >= 0.6 is 0 Å². The number of hydrogen-bond acceptors (Lipinski definition) is 3. The number of nitrogens with one attached hydrogen (secondary N) is 1. The van der Waals surface area contributed by atoms with Crippen molar-refractivity contribution in [3.8, 4) is 0 Å². The minimum absolute atomic E-state index is 1.93. The summed E-state index contributed by atoms with van der Waals surface area (Å²) in [5.74, 6) is 0. The van der Waals surface area contributed by atoms with Crippen LogP contribution in [-0.4, -0.2) is 6.72 Å². The molecule has 0 spiro atoms. The van der Waals surface area contributed by atoms with Crippen LogP contribution in [0.4, 0.5) is 0 Å². The normalized spacial score (nSPS) is 8.57. The number of nitrogens with zero attached hydrogens (tertiary/aromatic N) is 4. The van der Waals surface area contributed by atoms with Crippen molar-refractivity contribution < 1.29 is 0 Å². The molecule has 6 heteroatoms.